The quantitative estimate of drug-likeness (QED) is 0.472. The number of nitrogens with one attached hydrogen (secondary N) is 2. The summed E-state index contributed by atoms with van der Waals surface area (Å²) in [7, 11) is -3.64. The van der Waals surface area contributed by atoms with Crippen molar-refractivity contribution in [3.8, 4) is 5.75 Å². The lowest BCUT2D eigenvalue weighted by molar-refractivity contribution is -0.118. The molecule has 2 N–H and O–H groups in total. The highest BCUT2D eigenvalue weighted by molar-refractivity contribution is 7.89. The predicted molar refractivity (Wildman–Crippen MR) is 122 cm³/mol. The van der Waals surface area contributed by atoms with E-state index in [0.29, 0.717) is 27.9 Å². The molecule has 0 saturated carbocycles. The second kappa shape index (κ2) is 10.6. The van der Waals surface area contributed by atoms with Gasteiger partial charge < -0.3 is 10.1 Å². The van der Waals surface area contributed by atoms with Crippen molar-refractivity contribution in [2.75, 3.05) is 18.5 Å². The zero-order valence-electron chi connectivity index (χ0n) is 16.3. The Morgan fingerprint density at radius 3 is 2.35 bits per heavy atom. The summed E-state index contributed by atoms with van der Waals surface area (Å²) in [6.45, 7) is 0.0150. The van der Waals surface area contributed by atoms with Gasteiger partial charge in [-0.2, -0.15) is 0 Å². The topological polar surface area (TPSA) is 84.5 Å². The lowest BCUT2D eigenvalue weighted by Crippen LogP contribution is -2.26. The number of anilines is 1. The third-order valence-corrected chi connectivity index (χ3v) is 6.30. The third-order valence-electron chi connectivity index (χ3n) is 4.26. The Kier molecular flexibility index (Phi) is 7.92. The number of carbonyl (C=O) groups excluding carboxylic acids is 1. The number of carbonyl (C=O) groups is 1. The van der Waals surface area contributed by atoms with E-state index in [1.807, 2.05) is 30.3 Å². The summed E-state index contributed by atoms with van der Waals surface area (Å²) >= 11 is 11.9. The number of sulfonamides is 1. The smallest absolute Gasteiger partial charge is 0.262 e. The highest BCUT2D eigenvalue weighted by atomic mass is 35.5. The van der Waals surface area contributed by atoms with Crippen molar-refractivity contribution in [2.45, 2.75) is 11.3 Å². The Morgan fingerprint density at radius 1 is 0.935 bits per heavy atom. The van der Waals surface area contributed by atoms with Crippen LogP contribution in [0, 0.1) is 0 Å². The van der Waals surface area contributed by atoms with Gasteiger partial charge >= 0.3 is 0 Å². The van der Waals surface area contributed by atoms with Crippen LogP contribution in [-0.2, 0) is 21.2 Å². The van der Waals surface area contributed by atoms with Crippen LogP contribution in [-0.4, -0.2) is 27.5 Å². The van der Waals surface area contributed by atoms with Gasteiger partial charge in [0.2, 0.25) is 10.0 Å². The maximum atomic E-state index is 12.4. The van der Waals surface area contributed by atoms with Gasteiger partial charge in [-0.1, -0.05) is 53.5 Å². The number of benzene rings is 3. The molecule has 0 aliphatic heterocycles. The van der Waals surface area contributed by atoms with Gasteiger partial charge in [0.25, 0.3) is 5.91 Å². The molecule has 3 rings (SSSR count). The highest BCUT2D eigenvalue weighted by Crippen LogP contribution is 2.25. The van der Waals surface area contributed by atoms with Gasteiger partial charge in [0, 0.05) is 11.6 Å². The van der Waals surface area contributed by atoms with E-state index in [9.17, 15) is 13.2 Å². The molecule has 6 nitrogen and oxygen atoms in total. The monoisotopic (exact) mass is 478 g/mol. The Bertz CT molecular complexity index is 1140. The molecular formula is C22H20Cl2N2O4S. The second-order valence-electron chi connectivity index (χ2n) is 6.57. The first-order valence-corrected chi connectivity index (χ1v) is 11.6. The molecule has 0 fully saturated rings. The zero-order valence-corrected chi connectivity index (χ0v) is 18.7. The van der Waals surface area contributed by atoms with Crippen molar-refractivity contribution in [3.63, 3.8) is 0 Å². The Balaban J connectivity index is 1.50. The average molecular weight is 479 g/mol. The molecule has 3 aromatic carbocycles. The van der Waals surface area contributed by atoms with Gasteiger partial charge in [-0.25, -0.2) is 13.1 Å². The molecule has 31 heavy (non-hydrogen) atoms. The molecule has 0 radical (unpaired) electrons. The summed E-state index contributed by atoms with van der Waals surface area (Å²) in [6.07, 6.45) is 0.590. The van der Waals surface area contributed by atoms with E-state index in [1.54, 1.807) is 12.1 Å². The van der Waals surface area contributed by atoms with E-state index in [0.717, 1.165) is 5.56 Å². The molecule has 3 aromatic rings. The van der Waals surface area contributed by atoms with Crippen molar-refractivity contribution in [1.29, 1.82) is 0 Å². The van der Waals surface area contributed by atoms with Gasteiger partial charge in [0.1, 0.15) is 5.75 Å². The molecule has 0 saturated heterocycles. The molecule has 0 bridgehead atoms. The lowest BCUT2D eigenvalue weighted by atomic mass is 10.2. The molecule has 0 heterocycles. The molecule has 0 aliphatic rings. The first kappa shape index (κ1) is 23.1. The highest BCUT2D eigenvalue weighted by Gasteiger charge is 2.14. The van der Waals surface area contributed by atoms with Crippen LogP contribution < -0.4 is 14.8 Å². The molecule has 0 unspecified atom stereocenters. The van der Waals surface area contributed by atoms with E-state index in [-0.39, 0.29) is 18.0 Å². The summed E-state index contributed by atoms with van der Waals surface area (Å²) in [6, 6.07) is 20.2. The van der Waals surface area contributed by atoms with Crippen LogP contribution in [0.3, 0.4) is 0 Å². The fraction of sp³-hybridized carbons (Fsp3) is 0.136. The van der Waals surface area contributed by atoms with E-state index < -0.39 is 15.9 Å². The van der Waals surface area contributed by atoms with E-state index in [4.69, 9.17) is 27.9 Å². The molecule has 0 aromatic heterocycles. The lowest BCUT2D eigenvalue weighted by Gasteiger charge is -2.10. The fourth-order valence-electron chi connectivity index (χ4n) is 2.70. The minimum absolute atomic E-state index is 0.114. The van der Waals surface area contributed by atoms with Gasteiger partial charge in [-0.3, -0.25) is 4.79 Å². The minimum Gasteiger partial charge on any atom is -0.484 e. The van der Waals surface area contributed by atoms with Crippen molar-refractivity contribution < 1.29 is 17.9 Å². The van der Waals surface area contributed by atoms with Gasteiger partial charge in [-0.15, -0.1) is 0 Å². The van der Waals surface area contributed by atoms with Crippen LogP contribution in [0.2, 0.25) is 10.0 Å². The third kappa shape index (κ3) is 6.97. The van der Waals surface area contributed by atoms with Crippen LogP contribution in [0.25, 0.3) is 0 Å². The first-order valence-electron chi connectivity index (χ1n) is 9.35. The number of ether oxygens (including phenoxy) is 1. The van der Waals surface area contributed by atoms with Crippen molar-refractivity contribution in [2.24, 2.45) is 0 Å². The number of amides is 1. The summed E-state index contributed by atoms with van der Waals surface area (Å²) in [5.41, 5.74) is 1.43. The normalized spacial score (nSPS) is 11.2. The zero-order chi connectivity index (χ0) is 22.3. The molecule has 0 aliphatic carbocycles. The first-order chi connectivity index (χ1) is 14.8. The summed E-state index contributed by atoms with van der Waals surface area (Å²) in [4.78, 5) is 12.2. The summed E-state index contributed by atoms with van der Waals surface area (Å²) in [5.74, 6) is -0.0704. The maximum absolute atomic E-state index is 12.4. The Hall–Kier alpha value is -2.58. The SMILES string of the molecule is O=C(COc1ccc(S(=O)(=O)NCCc2ccccc2)cc1)Nc1cc(Cl)ccc1Cl. The molecular weight excluding hydrogens is 459 g/mol. The van der Waals surface area contributed by atoms with Crippen LogP contribution in [0.1, 0.15) is 5.56 Å². The number of rotatable bonds is 9. The van der Waals surface area contributed by atoms with Crippen LogP contribution >= 0.6 is 23.2 Å². The summed E-state index contributed by atoms with van der Waals surface area (Å²) in [5, 5.41) is 3.40. The van der Waals surface area contributed by atoms with E-state index in [2.05, 4.69) is 10.0 Å². The van der Waals surface area contributed by atoms with E-state index in [1.165, 1.54) is 30.3 Å². The molecule has 162 valence electrons. The summed E-state index contributed by atoms with van der Waals surface area (Å²) < 4.78 is 32.8. The molecule has 0 atom stereocenters. The molecule has 0 spiro atoms. The van der Waals surface area contributed by atoms with Gasteiger partial charge in [-0.05, 0) is 54.4 Å². The Labute approximate surface area is 191 Å². The maximum Gasteiger partial charge on any atom is 0.262 e. The van der Waals surface area contributed by atoms with Gasteiger partial charge in [0.15, 0.2) is 6.61 Å². The second-order valence-corrected chi connectivity index (χ2v) is 9.18. The predicted octanol–water partition coefficient (Wildman–Crippen LogP) is 4.53. The van der Waals surface area contributed by atoms with Gasteiger partial charge in [0.05, 0.1) is 15.6 Å². The molecule has 9 heteroatoms. The number of halogens is 2. The minimum atomic E-state index is -3.64. The van der Waals surface area contributed by atoms with E-state index >= 15 is 0 Å². The number of hydrogen-bond donors (Lipinski definition) is 2. The van der Waals surface area contributed by atoms with Crippen LogP contribution in [0.15, 0.2) is 77.7 Å². The average Bonchev–Trinajstić information content (AvgIpc) is 2.76. The number of hydrogen-bond acceptors (Lipinski definition) is 4. The Morgan fingerprint density at radius 2 is 1.65 bits per heavy atom. The van der Waals surface area contributed by atoms with Crippen molar-refractivity contribution >= 4 is 44.8 Å². The standard InChI is InChI=1S/C22H20Cl2N2O4S/c23-17-6-11-20(24)21(14-17)26-22(27)15-30-18-7-9-19(10-8-18)31(28,29)25-13-12-16-4-2-1-3-5-16/h1-11,14,25H,12-13,15H2,(H,26,27). The molecule has 1 amide bonds. The van der Waals surface area contributed by atoms with Crippen LogP contribution in [0.4, 0.5) is 5.69 Å². The largest absolute Gasteiger partial charge is 0.484 e. The van der Waals surface area contributed by atoms with Crippen molar-refractivity contribution in [1.82, 2.24) is 4.72 Å². The van der Waals surface area contributed by atoms with Crippen molar-refractivity contribution in [3.05, 3.63) is 88.4 Å². The fourth-order valence-corrected chi connectivity index (χ4v) is 4.07. The van der Waals surface area contributed by atoms with Crippen LogP contribution in [0.5, 0.6) is 5.75 Å².